The van der Waals surface area contributed by atoms with Gasteiger partial charge in [-0.15, -0.1) is 0 Å². The van der Waals surface area contributed by atoms with E-state index in [-0.39, 0.29) is 29.4 Å². The molecule has 1 fully saturated rings. The maximum Gasteiger partial charge on any atom is 0.274 e. The molecule has 92 valence electrons. The number of nitrogens with two attached hydrogens (primary N) is 1. The van der Waals surface area contributed by atoms with Crippen LogP contribution in [0, 0.1) is 0 Å². The monoisotopic (exact) mass is 235 g/mol. The van der Waals surface area contributed by atoms with Gasteiger partial charge in [-0.25, -0.2) is 4.98 Å². The summed E-state index contributed by atoms with van der Waals surface area (Å²) in [5.41, 5.74) is 6.01. The molecule has 5 nitrogen and oxygen atoms in total. The highest BCUT2D eigenvalue weighted by molar-refractivity contribution is 5.94. The summed E-state index contributed by atoms with van der Waals surface area (Å²) < 4.78 is 0. The van der Waals surface area contributed by atoms with Crippen LogP contribution >= 0.6 is 0 Å². The minimum absolute atomic E-state index is 0.00134. The Labute approximate surface area is 100 Å². The molecule has 0 radical (unpaired) electrons. The summed E-state index contributed by atoms with van der Waals surface area (Å²) >= 11 is 0. The van der Waals surface area contributed by atoms with Crippen LogP contribution in [0.4, 0.5) is 0 Å². The largest absolute Gasteiger partial charge is 0.505 e. The Hall–Kier alpha value is -1.62. The van der Waals surface area contributed by atoms with Crippen molar-refractivity contribution in [3.63, 3.8) is 0 Å². The van der Waals surface area contributed by atoms with Gasteiger partial charge in [0.1, 0.15) is 5.75 Å². The van der Waals surface area contributed by atoms with Crippen molar-refractivity contribution in [2.75, 3.05) is 0 Å². The molecule has 1 aromatic rings. The van der Waals surface area contributed by atoms with Crippen LogP contribution in [0.5, 0.6) is 5.75 Å². The van der Waals surface area contributed by atoms with E-state index in [4.69, 9.17) is 5.73 Å². The Morgan fingerprint density at radius 1 is 1.47 bits per heavy atom. The fourth-order valence-corrected chi connectivity index (χ4v) is 2.15. The maximum absolute atomic E-state index is 11.9. The normalized spacial score (nSPS) is 24.3. The molecule has 1 saturated carbocycles. The molecular weight excluding hydrogens is 218 g/mol. The van der Waals surface area contributed by atoms with Crippen LogP contribution in [0.25, 0.3) is 0 Å². The Morgan fingerprint density at radius 3 is 2.94 bits per heavy atom. The molecule has 2 atom stereocenters. The lowest BCUT2D eigenvalue weighted by Crippen LogP contribution is -2.49. The van der Waals surface area contributed by atoms with E-state index < -0.39 is 0 Å². The van der Waals surface area contributed by atoms with Gasteiger partial charge in [-0.2, -0.15) is 0 Å². The molecule has 2 rings (SSSR count). The fourth-order valence-electron chi connectivity index (χ4n) is 2.15. The van der Waals surface area contributed by atoms with E-state index in [1.807, 2.05) is 0 Å². The summed E-state index contributed by atoms with van der Waals surface area (Å²) in [5, 5.41) is 12.4. The van der Waals surface area contributed by atoms with Gasteiger partial charge in [0.05, 0.1) is 0 Å². The number of pyridine rings is 1. The predicted molar refractivity (Wildman–Crippen MR) is 63.6 cm³/mol. The van der Waals surface area contributed by atoms with Crippen molar-refractivity contribution in [3.8, 4) is 5.75 Å². The van der Waals surface area contributed by atoms with Gasteiger partial charge in [0.15, 0.2) is 5.69 Å². The van der Waals surface area contributed by atoms with E-state index in [1.165, 1.54) is 12.3 Å². The van der Waals surface area contributed by atoms with Crippen molar-refractivity contribution >= 4 is 5.91 Å². The van der Waals surface area contributed by atoms with Gasteiger partial charge in [-0.05, 0) is 25.0 Å². The molecule has 0 unspecified atom stereocenters. The molecule has 1 aliphatic carbocycles. The zero-order valence-electron chi connectivity index (χ0n) is 9.60. The minimum Gasteiger partial charge on any atom is -0.505 e. The predicted octanol–water partition coefficient (Wildman–Crippen LogP) is 0.787. The second kappa shape index (κ2) is 5.14. The summed E-state index contributed by atoms with van der Waals surface area (Å²) in [6.45, 7) is 0. The van der Waals surface area contributed by atoms with E-state index in [2.05, 4.69) is 10.3 Å². The van der Waals surface area contributed by atoms with Crippen LogP contribution in [-0.2, 0) is 0 Å². The second-order valence-electron chi connectivity index (χ2n) is 4.40. The van der Waals surface area contributed by atoms with E-state index in [1.54, 1.807) is 6.07 Å². The van der Waals surface area contributed by atoms with Gasteiger partial charge in [0, 0.05) is 18.3 Å². The third-order valence-corrected chi connectivity index (χ3v) is 3.14. The number of hydrogen-bond acceptors (Lipinski definition) is 4. The van der Waals surface area contributed by atoms with Crippen LogP contribution in [0.1, 0.15) is 36.2 Å². The summed E-state index contributed by atoms with van der Waals surface area (Å²) in [6, 6.07) is 3.01. The molecule has 0 aromatic carbocycles. The lowest BCUT2D eigenvalue weighted by Gasteiger charge is -2.29. The smallest absolute Gasteiger partial charge is 0.274 e. The van der Waals surface area contributed by atoms with Crippen LogP contribution < -0.4 is 11.1 Å². The fraction of sp³-hybridized carbons (Fsp3) is 0.500. The molecule has 0 saturated heterocycles. The lowest BCUT2D eigenvalue weighted by molar-refractivity contribution is 0.0913. The molecule has 0 bridgehead atoms. The first-order valence-electron chi connectivity index (χ1n) is 5.89. The van der Waals surface area contributed by atoms with Crippen molar-refractivity contribution < 1.29 is 9.90 Å². The number of nitrogens with one attached hydrogen (secondary N) is 1. The lowest BCUT2D eigenvalue weighted by atomic mass is 9.91. The maximum atomic E-state index is 11.9. The molecule has 1 amide bonds. The van der Waals surface area contributed by atoms with E-state index in [0.717, 1.165) is 25.7 Å². The Bertz CT molecular complexity index is 408. The molecule has 0 aliphatic heterocycles. The standard InChI is InChI=1S/C12H17N3O2/c13-8-4-1-2-5-9(8)15-12(17)11-10(16)6-3-7-14-11/h3,6-9,16H,1-2,4-5,13H2,(H,15,17)/t8-,9-/m1/s1. The number of carbonyl (C=O) groups is 1. The third-order valence-electron chi connectivity index (χ3n) is 3.14. The Balaban J connectivity index is 2.04. The van der Waals surface area contributed by atoms with Crippen LogP contribution in [0.3, 0.4) is 0 Å². The van der Waals surface area contributed by atoms with Crippen LogP contribution in [0.15, 0.2) is 18.3 Å². The summed E-state index contributed by atoms with van der Waals surface area (Å²) in [7, 11) is 0. The SMILES string of the molecule is N[C@@H]1CCCC[C@H]1NC(=O)c1ncccc1O. The number of rotatable bonds is 2. The molecule has 5 heteroatoms. The molecular formula is C12H17N3O2. The topological polar surface area (TPSA) is 88.2 Å². The van der Waals surface area contributed by atoms with Crippen molar-refractivity contribution in [3.05, 3.63) is 24.0 Å². The number of hydrogen-bond donors (Lipinski definition) is 3. The van der Waals surface area contributed by atoms with Crippen molar-refractivity contribution in [2.24, 2.45) is 5.73 Å². The quantitative estimate of drug-likeness (QED) is 0.707. The first kappa shape index (κ1) is 11.9. The zero-order valence-corrected chi connectivity index (χ0v) is 9.60. The van der Waals surface area contributed by atoms with Crippen LogP contribution in [0.2, 0.25) is 0 Å². The van der Waals surface area contributed by atoms with Gasteiger partial charge in [0.2, 0.25) is 0 Å². The summed E-state index contributed by atoms with van der Waals surface area (Å²) in [4.78, 5) is 15.8. The Kier molecular flexibility index (Phi) is 3.58. The Morgan fingerprint density at radius 2 is 2.24 bits per heavy atom. The molecule has 1 aliphatic rings. The van der Waals surface area contributed by atoms with Crippen molar-refractivity contribution in [2.45, 2.75) is 37.8 Å². The summed E-state index contributed by atoms with van der Waals surface area (Å²) in [6.07, 6.45) is 5.49. The molecule has 1 heterocycles. The average molecular weight is 235 g/mol. The molecule has 0 spiro atoms. The highest BCUT2D eigenvalue weighted by atomic mass is 16.3. The third kappa shape index (κ3) is 2.74. The number of aromatic nitrogens is 1. The van der Waals surface area contributed by atoms with Gasteiger partial charge in [-0.3, -0.25) is 4.79 Å². The number of carbonyl (C=O) groups excluding carboxylic acids is 1. The number of aromatic hydroxyl groups is 1. The van der Waals surface area contributed by atoms with Gasteiger partial charge < -0.3 is 16.2 Å². The molecule has 17 heavy (non-hydrogen) atoms. The van der Waals surface area contributed by atoms with Crippen LogP contribution in [-0.4, -0.2) is 28.1 Å². The van der Waals surface area contributed by atoms with Gasteiger partial charge in [0.25, 0.3) is 5.91 Å². The van der Waals surface area contributed by atoms with E-state index in [9.17, 15) is 9.90 Å². The second-order valence-corrected chi connectivity index (χ2v) is 4.40. The highest BCUT2D eigenvalue weighted by Gasteiger charge is 2.24. The molecule has 1 aromatic heterocycles. The average Bonchev–Trinajstić information content (AvgIpc) is 2.32. The first-order chi connectivity index (χ1) is 8.18. The van der Waals surface area contributed by atoms with Gasteiger partial charge in [-0.1, -0.05) is 12.8 Å². The van der Waals surface area contributed by atoms with E-state index in [0.29, 0.717) is 0 Å². The van der Waals surface area contributed by atoms with Gasteiger partial charge >= 0.3 is 0 Å². The summed E-state index contributed by atoms with van der Waals surface area (Å²) in [5.74, 6) is -0.458. The first-order valence-corrected chi connectivity index (χ1v) is 5.89. The molecule has 4 N–H and O–H groups in total. The van der Waals surface area contributed by atoms with Crippen molar-refractivity contribution in [1.29, 1.82) is 0 Å². The zero-order chi connectivity index (χ0) is 12.3. The number of amides is 1. The van der Waals surface area contributed by atoms with E-state index >= 15 is 0 Å². The number of nitrogens with zero attached hydrogens (tertiary/aromatic N) is 1. The minimum atomic E-state index is -0.356. The van der Waals surface area contributed by atoms with Crippen molar-refractivity contribution in [1.82, 2.24) is 10.3 Å². The highest BCUT2D eigenvalue weighted by Crippen LogP contribution is 2.18.